The second-order valence-electron chi connectivity index (χ2n) is 5.89. The van der Waals surface area contributed by atoms with Crippen LogP contribution in [0, 0.1) is 0 Å². The van der Waals surface area contributed by atoms with Crippen molar-refractivity contribution in [2.24, 2.45) is 0 Å². The van der Waals surface area contributed by atoms with Crippen LogP contribution in [0.1, 0.15) is 25.0 Å². The molecule has 1 N–H and O–H groups in total. The normalized spacial score (nSPS) is 16.6. The number of benzene rings is 1. The van der Waals surface area contributed by atoms with E-state index < -0.39 is 0 Å². The summed E-state index contributed by atoms with van der Waals surface area (Å²) in [6.45, 7) is 6.44. The van der Waals surface area contributed by atoms with E-state index in [1.54, 1.807) is 0 Å². The zero-order valence-corrected chi connectivity index (χ0v) is 12.2. The van der Waals surface area contributed by atoms with E-state index in [-0.39, 0.29) is 5.41 Å². The maximum absolute atomic E-state index is 4.56. The minimum Gasteiger partial charge on any atom is -0.357 e. The quantitative estimate of drug-likeness (QED) is 0.909. The molecule has 20 heavy (non-hydrogen) atoms. The van der Waals surface area contributed by atoms with Gasteiger partial charge in [0, 0.05) is 31.7 Å². The summed E-state index contributed by atoms with van der Waals surface area (Å²) in [5.74, 6) is 1.64. The Balaban J connectivity index is 1.98. The van der Waals surface area contributed by atoms with E-state index in [1.165, 1.54) is 11.1 Å². The molecule has 1 aliphatic rings. The van der Waals surface area contributed by atoms with Gasteiger partial charge in [-0.25, -0.2) is 4.98 Å². The van der Waals surface area contributed by atoms with Crippen molar-refractivity contribution in [3.8, 4) is 0 Å². The molecule has 2 heterocycles. The largest absolute Gasteiger partial charge is 0.357 e. The smallest absolute Gasteiger partial charge is 0.224 e. The summed E-state index contributed by atoms with van der Waals surface area (Å²) in [5, 5.41) is 3.00. The molecular formula is C16H20N4. The van der Waals surface area contributed by atoms with Crippen LogP contribution in [0.5, 0.6) is 0 Å². The molecule has 104 valence electrons. The van der Waals surface area contributed by atoms with E-state index >= 15 is 0 Å². The second kappa shape index (κ2) is 4.78. The summed E-state index contributed by atoms with van der Waals surface area (Å²) in [4.78, 5) is 11.1. The van der Waals surface area contributed by atoms with Crippen molar-refractivity contribution >= 4 is 11.8 Å². The van der Waals surface area contributed by atoms with Crippen molar-refractivity contribution in [1.82, 2.24) is 9.97 Å². The Bertz CT molecular complexity index is 621. The molecule has 0 aliphatic carbocycles. The Morgan fingerprint density at radius 1 is 1.20 bits per heavy atom. The van der Waals surface area contributed by atoms with Gasteiger partial charge in [-0.1, -0.05) is 38.1 Å². The van der Waals surface area contributed by atoms with Gasteiger partial charge in [-0.2, -0.15) is 4.98 Å². The van der Waals surface area contributed by atoms with Gasteiger partial charge in [-0.3, -0.25) is 0 Å². The van der Waals surface area contributed by atoms with Crippen molar-refractivity contribution in [3.05, 3.63) is 47.7 Å². The zero-order valence-electron chi connectivity index (χ0n) is 12.2. The molecule has 0 unspecified atom stereocenters. The van der Waals surface area contributed by atoms with Crippen molar-refractivity contribution in [2.45, 2.75) is 25.8 Å². The Hall–Kier alpha value is -2.10. The van der Waals surface area contributed by atoms with Gasteiger partial charge < -0.3 is 10.2 Å². The minimum atomic E-state index is 0.125. The zero-order chi connectivity index (χ0) is 14.2. The summed E-state index contributed by atoms with van der Waals surface area (Å²) in [7, 11) is 1.84. The number of nitrogens with one attached hydrogen (secondary N) is 1. The van der Waals surface area contributed by atoms with Crippen LogP contribution in [-0.4, -0.2) is 23.6 Å². The summed E-state index contributed by atoms with van der Waals surface area (Å²) in [5.41, 5.74) is 2.95. The van der Waals surface area contributed by atoms with Gasteiger partial charge in [-0.05, 0) is 17.2 Å². The number of hydrogen-bond donors (Lipinski definition) is 1. The summed E-state index contributed by atoms with van der Waals surface area (Å²) in [6, 6.07) is 10.7. The van der Waals surface area contributed by atoms with Crippen molar-refractivity contribution in [3.63, 3.8) is 0 Å². The number of rotatable bonds is 2. The van der Waals surface area contributed by atoms with Crippen molar-refractivity contribution < 1.29 is 0 Å². The summed E-state index contributed by atoms with van der Waals surface area (Å²) in [6.07, 6.45) is 1.81. The van der Waals surface area contributed by atoms with Crippen LogP contribution in [0.25, 0.3) is 0 Å². The summed E-state index contributed by atoms with van der Waals surface area (Å²) >= 11 is 0. The average Bonchev–Trinajstić information content (AvgIpc) is 2.46. The molecule has 0 saturated heterocycles. The maximum Gasteiger partial charge on any atom is 0.224 e. The average molecular weight is 268 g/mol. The number of aromatic nitrogens is 2. The Morgan fingerprint density at radius 2 is 2.00 bits per heavy atom. The fourth-order valence-electron chi connectivity index (χ4n) is 2.95. The monoisotopic (exact) mass is 268 g/mol. The second-order valence-corrected chi connectivity index (χ2v) is 5.89. The highest BCUT2D eigenvalue weighted by Gasteiger charge is 2.31. The Morgan fingerprint density at radius 3 is 2.80 bits per heavy atom. The molecule has 0 radical (unpaired) electrons. The van der Waals surface area contributed by atoms with Crippen molar-refractivity contribution in [2.75, 3.05) is 23.8 Å². The van der Waals surface area contributed by atoms with Crippen LogP contribution >= 0.6 is 0 Å². The first kappa shape index (κ1) is 12.9. The molecule has 4 heteroatoms. The Labute approximate surface area is 119 Å². The molecular weight excluding hydrogens is 248 g/mol. The van der Waals surface area contributed by atoms with E-state index in [0.717, 1.165) is 18.9 Å². The van der Waals surface area contributed by atoms with Gasteiger partial charge in [0.05, 0.1) is 0 Å². The maximum atomic E-state index is 4.56. The van der Waals surface area contributed by atoms with Crippen LogP contribution < -0.4 is 10.2 Å². The van der Waals surface area contributed by atoms with E-state index in [1.807, 2.05) is 19.3 Å². The fraction of sp³-hybridized carbons (Fsp3) is 0.375. The van der Waals surface area contributed by atoms with Gasteiger partial charge in [0.1, 0.15) is 5.82 Å². The van der Waals surface area contributed by atoms with E-state index in [2.05, 4.69) is 58.3 Å². The lowest BCUT2D eigenvalue weighted by molar-refractivity contribution is 0.475. The van der Waals surface area contributed by atoms with Crippen LogP contribution in [0.4, 0.5) is 11.8 Å². The van der Waals surface area contributed by atoms with Gasteiger partial charge in [0.2, 0.25) is 5.95 Å². The summed E-state index contributed by atoms with van der Waals surface area (Å²) < 4.78 is 0. The molecule has 3 rings (SSSR count). The fourth-order valence-corrected chi connectivity index (χ4v) is 2.95. The molecule has 1 aliphatic heterocycles. The molecule has 4 nitrogen and oxygen atoms in total. The highest BCUT2D eigenvalue weighted by molar-refractivity contribution is 5.49. The third-order valence-corrected chi connectivity index (χ3v) is 3.88. The minimum absolute atomic E-state index is 0.125. The van der Waals surface area contributed by atoms with E-state index in [0.29, 0.717) is 5.95 Å². The predicted molar refractivity (Wildman–Crippen MR) is 82.1 cm³/mol. The third kappa shape index (κ3) is 2.22. The van der Waals surface area contributed by atoms with Crippen LogP contribution in [0.15, 0.2) is 36.5 Å². The topological polar surface area (TPSA) is 41.1 Å². The van der Waals surface area contributed by atoms with Crippen molar-refractivity contribution in [1.29, 1.82) is 0 Å². The highest BCUT2D eigenvalue weighted by atomic mass is 15.2. The molecule has 0 amide bonds. The molecule has 1 aromatic heterocycles. The number of hydrogen-bond acceptors (Lipinski definition) is 4. The highest BCUT2D eigenvalue weighted by Crippen LogP contribution is 2.34. The van der Waals surface area contributed by atoms with Gasteiger partial charge in [0.25, 0.3) is 0 Å². The van der Waals surface area contributed by atoms with Crippen LogP contribution in [-0.2, 0) is 12.0 Å². The van der Waals surface area contributed by atoms with Gasteiger partial charge >= 0.3 is 0 Å². The predicted octanol–water partition coefficient (Wildman–Crippen LogP) is 2.82. The molecule has 2 aromatic rings. The van der Waals surface area contributed by atoms with Gasteiger partial charge in [-0.15, -0.1) is 0 Å². The number of anilines is 2. The lowest BCUT2D eigenvalue weighted by atomic mass is 9.78. The van der Waals surface area contributed by atoms with E-state index in [4.69, 9.17) is 0 Å². The third-order valence-electron chi connectivity index (χ3n) is 3.88. The van der Waals surface area contributed by atoms with Crippen LogP contribution in [0.3, 0.4) is 0 Å². The van der Waals surface area contributed by atoms with E-state index in [9.17, 15) is 0 Å². The molecule has 1 aromatic carbocycles. The molecule has 0 bridgehead atoms. The standard InChI is InChI=1S/C16H20N4/c1-16(2)11-20(10-12-6-4-5-7-13(12)16)14-8-9-18-15(17-3)19-14/h4-9H,10-11H2,1-3H3,(H,17,18,19). The lowest BCUT2D eigenvalue weighted by Crippen LogP contribution is -2.42. The Kier molecular flexibility index (Phi) is 3.08. The van der Waals surface area contributed by atoms with Gasteiger partial charge in [0.15, 0.2) is 0 Å². The number of fused-ring (bicyclic) bond motifs is 1. The first-order chi connectivity index (χ1) is 9.60. The van der Waals surface area contributed by atoms with Crippen LogP contribution in [0.2, 0.25) is 0 Å². The SMILES string of the molecule is CNc1nccc(N2Cc3ccccc3C(C)(C)C2)n1. The lowest BCUT2D eigenvalue weighted by Gasteiger charge is -2.40. The molecule has 0 spiro atoms. The molecule has 0 atom stereocenters. The molecule has 0 saturated carbocycles. The molecule has 0 fully saturated rings. The first-order valence-electron chi connectivity index (χ1n) is 6.94. The number of nitrogens with zero attached hydrogens (tertiary/aromatic N) is 3. The first-order valence-corrected chi connectivity index (χ1v) is 6.94.